The molecule has 7 heteroatoms. The average molecular weight is 347 g/mol. The molecular formula is C18H29N5O2. The number of benzene rings is 1. The fraction of sp³-hybridized carbons (Fsp3) is 0.556. The fourth-order valence-electron chi connectivity index (χ4n) is 2.75. The fourth-order valence-corrected chi connectivity index (χ4v) is 2.75. The van der Waals surface area contributed by atoms with Crippen molar-refractivity contribution in [3.8, 4) is 5.75 Å². The summed E-state index contributed by atoms with van der Waals surface area (Å²) in [6.07, 6.45) is 1.71. The maximum Gasteiger partial charge on any atom is 0.314 e. The molecule has 25 heavy (non-hydrogen) atoms. The van der Waals surface area contributed by atoms with Crippen molar-refractivity contribution in [2.75, 3.05) is 26.2 Å². The van der Waals surface area contributed by atoms with Gasteiger partial charge in [-0.15, -0.1) is 0 Å². The van der Waals surface area contributed by atoms with Gasteiger partial charge in [0.05, 0.1) is 6.54 Å². The summed E-state index contributed by atoms with van der Waals surface area (Å²) in [6, 6.07) is 9.70. The van der Waals surface area contributed by atoms with Gasteiger partial charge in [0, 0.05) is 25.7 Å². The van der Waals surface area contributed by atoms with Crippen molar-refractivity contribution in [2.24, 2.45) is 10.7 Å². The van der Waals surface area contributed by atoms with Gasteiger partial charge in [-0.05, 0) is 38.8 Å². The van der Waals surface area contributed by atoms with Gasteiger partial charge in [0.25, 0.3) is 0 Å². The lowest BCUT2D eigenvalue weighted by molar-refractivity contribution is 0.188. The maximum atomic E-state index is 11.2. The van der Waals surface area contributed by atoms with E-state index in [1.54, 1.807) is 4.90 Å². The van der Waals surface area contributed by atoms with E-state index in [-0.39, 0.29) is 12.1 Å². The number of para-hydroxylation sites is 1. The summed E-state index contributed by atoms with van der Waals surface area (Å²) in [5.41, 5.74) is 5.32. The van der Waals surface area contributed by atoms with Gasteiger partial charge in [-0.25, -0.2) is 9.79 Å². The molecule has 1 aromatic carbocycles. The number of rotatable bonds is 6. The Hall–Kier alpha value is -2.44. The van der Waals surface area contributed by atoms with Gasteiger partial charge in [0.1, 0.15) is 11.9 Å². The van der Waals surface area contributed by atoms with Crippen molar-refractivity contribution < 1.29 is 9.53 Å². The molecule has 1 aliphatic heterocycles. The number of hydrogen-bond acceptors (Lipinski definition) is 3. The first kappa shape index (κ1) is 18.9. The SMILES string of the molecule is CCNC(=NCC(C)Oc1ccccc1)NC1CCN(C(N)=O)CC1. The molecule has 7 nitrogen and oxygen atoms in total. The largest absolute Gasteiger partial charge is 0.489 e. The molecule has 0 radical (unpaired) electrons. The summed E-state index contributed by atoms with van der Waals surface area (Å²) in [5.74, 6) is 1.63. The summed E-state index contributed by atoms with van der Waals surface area (Å²) < 4.78 is 5.85. The molecule has 1 heterocycles. The number of nitrogens with zero attached hydrogens (tertiary/aromatic N) is 2. The lowest BCUT2D eigenvalue weighted by Crippen LogP contribution is -2.50. The van der Waals surface area contributed by atoms with Gasteiger partial charge in [-0.2, -0.15) is 0 Å². The van der Waals surface area contributed by atoms with Gasteiger partial charge in [0.2, 0.25) is 0 Å². The zero-order valence-electron chi connectivity index (χ0n) is 15.1. The number of aliphatic imine (C=N–C) groups is 1. The molecule has 1 aromatic rings. The van der Waals surface area contributed by atoms with Crippen LogP contribution in [0.5, 0.6) is 5.75 Å². The van der Waals surface area contributed by atoms with Crippen LogP contribution in [0.15, 0.2) is 35.3 Å². The first-order valence-corrected chi connectivity index (χ1v) is 8.89. The second-order valence-electron chi connectivity index (χ2n) is 6.21. The number of likely N-dealkylation sites (tertiary alicyclic amines) is 1. The Balaban J connectivity index is 1.82. The Bertz CT molecular complexity index is 556. The van der Waals surface area contributed by atoms with Crippen LogP contribution in [0.4, 0.5) is 4.79 Å². The molecule has 0 bridgehead atoms. The quantitative estimate of drug-likeness (QED) is 0.538. The van der Waals surface area contributed by atoms with Gasteiger partial charge in [0.15, 0.2) is 5.96 Å². The summed E-state index contributed by atoms with van der Waals surface area (Å²) >= 11 is 0. The highest BCUT2D eigenvalue weighted by Crippen LogP contribution is 2.11. The van der Waals surface area contributed by atoms with Crippen molar-refractivity contribution in [1.29, 1.82) is 0 Å². The minimum Gasteiger partial charge on any atom is -0.489 e. The second kappa shape index (κ2) is 9.76. The van der Waals surface area contributed by atoms with Gasteiger partial charge in [-0.3, -0.25) is 0 Å². The predicted octanol–water partition coefficient (Wildman–Crippen LogP) is 1.55. The Morgan fingerprint density at radius 1 is 1.36 bits per heavy atom. The molecule has 0 spiro atoms. The van der Waals surface area contributed by atoms with E-state index in [0.29, 0.717) is 25.7 Å². The van der Waals surface area contributed by atoms with Gasteiger partial charge >= 0.3 is 6.03 Å². The molecule has 1 fully saturated rings. The van der Waals surface area contributed by atoms with Crippen LogP contribution in [0.3, 0.4) is 0 Å². The molecule has 0 aromatic heterocycles. The average Bonchev–Trinajstić information content (AvgIpc) is 2.61. The number of amides is 2. The standard InChI is InChI=1S/C18H29N5O2/c1-3-20-18(22-15-9-11-23(12-10-15)17(19)24)21-13-14(2)25-16-7-5-4-6-8-16/h4-8,14-15H,3,9-13H2,1-2H3,(H2,19,24)(H2,20,21,22). The number of guanidine groups is 1. The monoisotopic (exact) mass is 347 g/mol. The lowest BCUT2D eigenvalue weighted by atomic mass is 10.1. The third-order valence-corrected chi connectivity index (χ3v) is 4.08. The first-order chi connectivity index (χ1) is 12.1. The molecule has 2 amide bonds. The number of carbonyl (C=O) groups is 1. The number of primary amides is 1. The summed E-state index contributed by atoms with van der Waals surface area (Å²) in [5, 5.41) is 6.70. The molecule has 0 aliphatic carbocycles. The number of carbonyl (C=O) groups excluding carboxylic acids is 1. The minimum absolute atomic E-state index is 0.0189. The number of nitrogens with two attached hydrogens (primary N) is 1. The topological polar surface area (TPSA) is 92.0 Å². The van der Waals surface area contributed by atoms with E-state index in [4.69, 9.17) is 10.5 Å². The zero-order chi connectivity index (χ0) is 18.1. The normalized spacial score (nSPS) is 17.0. The van der Waals surface area contributed by atoms with E-state index in [0.717, 1.165) is 31.1 Å². The van der Waals surface area contributed by atoms with Crippen molar-refractivity contribution >= 4 is 12.0 Å². The lowest BCUT2D eigenvalue weighted by Gasteiger charge is -2.32. The predicted molar refractivity (Wildman–Crippen MR) is 99.8 cm³/mol. The highest BCUT2D eigenvalue weighted by Gasteiger charge is 2.21. The van der Waals surface area contributed by atoms with Crippen LogP contribution in [-0.4, -0.2) is 55.2 Å². The van der Waals surface area contributed by atoms with E-state index >= 15 is 0 Å². The number of urea groups is 1. The number of nitrogens with one attached hydrogen (secondary N) is 2. The number of hydrogen-bond donors (Lipinski definition) is 3. The Morgan fingerprint density at radius 2 is 2.04 bits per heavy atom. The summed E-state index contributed by atoms with van der Waals surface area (Å²) in [7, 11) is 0. The highest BCUT2D eigenvalue weighted by atomic mass is 16.5. The smallest absolute Gasteiger partial charge is 0.314 e. The van der Waals surface area contributed by atoms with Crippen molar-refractivity contribution in [2.45, 2.75) is 38.8 Å². The van der Waals surface area contributed by atoms with Crippen LogP contribution in [0, 0.1) is 0 Å². The summed E-state index contributed by atoms with van der Waals surface area (Å²) in [4.78, 5) is 17.5. The van der Waals surface area contributed by atoms with Crippen LogP contribution in [0.2, 0.25) is 0 Å². The Labute approximate surface area is 149 Å². The third-order valence-electron chi connectivity index (χ3n) is 4.08. The molecule has 1 aliphatic rings. The van der Waals surface area contributed by atoms with E-state index < -0.39 is 0 Å². The van der Waals surface area contributed by atoms with Crippen LogP contribution in [0.1, 0.15) is 26.7 Å². The Morgan fingerprint density at radius 3 is 2.64 bits per heavy atom. The molecule has 138 valence electrons. The molecule has 1 saturated heterocycles. The second-order valence-corrected chi connectivity index (χ2v) is 6.21. The van der Waals surface area contributed by atoms with Crippen LogP contribution < -0.4 is 21.1 Å². The van der Waals surface area contributed by atoms with Crippen LogP contribution in [-0.2, 0) is 0 Å². The third kappa shape index (κ3) is 6.52. The van der Waals surface area contributed by atoms with Crippen molar-refractivity contribution in [3.05, 3.63) is 30.3 Å². The highest BCUT2D eigenvalue weighted by molar-refractivity contribution is 5.80. The van der Waals surface area contributed by atoms with E-state index in [2.05, 4.69) is 15.6 Å². The van der Waals surface area contributed by atoms with E-state index in [9.17, 15) is 4.79 Å². The maximum absolute atomic E-state index is 11.2. The Kier molecular flexibility index (Phi) is 7.37. The van der Waals surface area contributed by atoms with Gasteiger partial charge in [-0.1, -0.05) is 18.2 Å². The zero-order valence-corrected chi connectivity index (χ0v) is 15.1. The molecular weight excluding hydrogens is 318 g/mol. The molecule has 1 atom stereocenters. The molecule has 1 unspecified atom stereocenters. The first-order valence-electron chi connectivity index (χ1n) is 8.89. The molecule has 2 rings (SSSR count). The van der Waals surface area contributed by atoms with Crippen molar-refractivity contribution in [1.82, 2.24) is 15.5 Å². The van der Waals surface area contributed by atoms with Crippen LogP contribution in [0.25, 0.3) is 0 Å². The van der Waals surface area contributed by atoms with Gasteiger partial charge < -0.3 is 26.0 Å². The minimum atomic E-state index is -0.342. The summed E-state index contributed by atoms with van der Waals surface area (Å²) in [6.45, 7) is 6.76. The number of piperidine rings is 1. The van der Waals surface area contributed by atoms with Crippen LogP contribution >= 0.6 is 0 Å². The number of ether oxygens (including phenoxy) is 1. The molecule has 0 saturated carbocycles. The van der Waals surface area contributed by atoms with E-state index in [1.807, 2.05) is 44.2 Å². The van der Waals surface area contributed by atoms with Crippen molar-refractivity contribution in [3.63, 3.8) is 0 Å². The molecule has 4 N–H and O–H groups in total. The van der Waals surface area contributed by atoms with E-state index in [1.165, 1.54) is 0 Å².